The number of hydrogen-bond donors (Lipinski definition) is 1. The van der Waals surface area contributed by atoms with Crippen LogP contribution < -0.4 is 0 Å². The summed E-state index contributed by atoms with van der Waals surface area (Å²) in [7, 11) is 0. The molecule has 4 nitrogen and oxygen atoms in total. The maximum Gasteiger partial charge on any atom is 0.303 e. The second-order valence-corrected chi connectivity index (χ2v) is 6.32. The number of amides is 1. The quantitative estimate of drug-likeness (QED) is 0.792. The van der Waals surface area contributed by atoms with Crippen molar-refractivity contribution >= 4 is 27.8 Å². The van der Waals surface area contributed by atoms with Crippen LogP contribution in [0.1, 0.15) is 50.1 Å². The number of carboxylic acid groups (broad SMARTS) is 1. The van der Waals surface area contributed by atoms with Crippen molar-refractivity contribution in [2.75, 3.05) is 6.54 Å². The number of rotatable bonds is 6. The van der Waals surface area contributed by atoms with Gasteiger partial charge in [0.05, 0.1) is 6.04 Å². The number of carboxylic acids is 1. The van der Waals surface area contributed by atoms with E-state index in [1.807, 2.05) is 17.0 Å². The number of hydrogen-bond acceptors (Lipinski definition) is 2. The number of aliphatic carboxylic acids is 1. The highest BCUT2D eigenvalue weighted by Crippen LogP contribution is 2.33. The van der Waals surface area contributed by atoms with E-state index in [0.29, 0.717) is 19.3 Å². The third-order valence-electron chi connectivity index (χ3n) is 3.84. The Labute approximate surface area is 133 Å². The molecule has 1 amide bonds. The molecule has 0 aliphatic carbocycles. The van der Waals surface area contributed by atoms with Crippen LogP contribution >= 0.6 is 15.9 Å². The van der Waals surface area contributed by atoms with Crippen LogP contribution in [0.4, 0.5) is 0 Å². The lowest BCUT2D eigenvalue weighted by Crippen LogP contribution is -2.30. The van der Waals surface area contributed by atoms with Gasteiger partial charge in [0.2, 0.25) is 5.91 Å². The number of benzene rings is 1. The van der Waals surface area contributed by atoms with E-state index in [1.165, 1.54) is 5.56 Å². The van der Waals surface area contributed by atoms with Gasteiger partial charge in [-0.2, -0.15) is 0 Å². The van der Waals surface area contributed by atoms with E-state index < -0.39 is 5.97 Å². The molecule has 1 atom stereocenters. The van der Waals surface area contributed by atoms with Crippen molar-refractivity contribution in [2.24, 2.45) is 0 Å². The zero-order chi connectivity index (χ0) is 15.2. The minimum absolute atomic E-state index is 0.141. The largest absolute Gasteiger partial charge is 0.481 e. The first-order valence-corrected chi connectivity index (χ1v) is 8.14. The first-order valence-electron chi connectivity index (χ1n) is 7.34. The van der Waals surface area contributed by atoms with Crippen molar-refractivity contribution in [3.05, 3.63) is 34.3 Å². The summed E-state index contributed by atoms with van der Waals surface area (Å²) < 4.78 is 1.03. The number of unbranched alkanes of at least 4 members (excludes halogenated alkanes) is 1. The zero-order valence-corrected chi connectivity index (χ0v) is 13.5. The fraction of sp³-hybridized carbons (Fsp3) is 0.500. The minimum atomic E-state index is -0.796. The standard InChI is InChI=1S/C16H20BrNO3/c17-13-6-3-5-12(11-13)14-7-4-10-18(14)15(19)8-1-2-9-16(20)21/h3,5-6,11,14H,1-2,4,7-10H2,(H,20,21). The molecule has 0 radical (unpaired) electrons. The van der Waals surface area contributed by atoms with Crippen LogP contribution in [0, 0.1) is 0 Å². The third-order valence-corrected chi connectivity index (χ3v) is 4.33. The topological polar surface area (TPSA) is 57.6 Å². The van der Waals surface area contributed by atoms with Gasteiger partial charge in [0.25, 0.3) is 0 Å². The lowest BCUT2D eigenvalue weighted by Gasteiger charge is -2.25. The second-order valence-electron chi connectivity index (χ2n) is 5.40. The van der Waals surface area contributed by atoms with Crippen LogP contribution in [0.25, 0.3) is 0 Å². The van der Waals surface area contributed by atoms with Crippen LogP contribution in [0.5, 0.6) is 0 Å². The van der Waals surface area contributed by atoms with Crippen LogP contribution in [0.15, 0.2) is 28.7 Å². The summed E-state index contributed by atoms with van der Waals surface area (Å²) in [5, 5.41) is 8.61. The predicted octanol–water partition coefficient (Wildman–Crippen LogP) is 3.76. The molecule has 1 saturated heterocycles. The molecule has 1 heterocycles. The number of likely N-dealkylation sites (tertiary alicyclic amines) is 1. The summed E-state index contributed by atoms with van der Waals surface area (Å²) in [5.74, 6) is -0.654. The summed E-state index contributed by atoms with van der Waals surface area (Å²) in [4.78, 5) is 24.7. The van der Waals surface area contributed by atoms with Crippen LogP contribution in [0.3, 0.4) is 0 Å². The number of halogens is 1. The Morgan fingerprint density at radius 1 is 1.29 bits per heavy atom. The van der Waals surface area contributed by atoms with E-state index in [4.69, 9.17) is 5.11 Å². The fourth-order valence-corrected chi connectivity index (χ4v) is 3.24. The molecule has 2 rings (SSSR count). The van der Waals surface area contributed by atoms with Gasteiger partial charge in [-0.05, 0) is 43.4 Å². The van der Waals surface area contributed by atoms with Gasteiger partial charge in [-0.3, -0.25) is 9.59 Å². The molecule has 114 valence electrons. The van der Waals surface area contributed by atoms with Crippen molar-refractivity contribution in [2.45, 2.75) is 44.6 Å². The molecular formula is C16H20BrNO3. The molecule has 1 aromatic carbocycles. The Hall–Kier alpha value is -1.36. The summed E-state index contributed by atoms with van der Waals surface area (Å²) in [6.45, 7) is 0.801. The van der Waals surface area contributed by atoms with Gasteiger partial charge in [-0.15, -0.1) is 0 Å². The second kappa shape index (κ2) is 7.59. The van der Waals surface area contributed by atoms with Crippen LogP contribution in [0.2, 0.25) is 0 Å². The highest BCUT2D eigenvalue weighted by molar-refractivity contribution is 9.10. The summed E-state index contributed by atoms with van der Waals surface area (Å²) in [6, 6.07) is 8.27. The maximum absolute atomic E-state index is 12.3. The Morgan fingerprint density at radius 2 is 2.05 bits per heavy atom. The monoisotopic (exact) mass is 353 g/mol. The molecule has 21 heavy (non-hydrogen) atoms. The molecule has 0 saturated carbocycles. The van der Waals surface area contributed by atoms with E-state index in [-0.39, 0.29) is 18.4 Å². The molecule has 0 aromatic heterocycles. The normalized spacial score (nSPS) is 18.0. The first-order chi connectivity index (χ1) is 10.1. The molecule has 1 unspecified atom stereocenters. The van der Waals surface area contributed by atoms with E-state index >= 15 is 0 Å². The highest BCUT2D eigenvalue weighted by atomic mass is 79.9. The van der Waals surface area contributed by atoms with Crippen LogP contribution in [-0.2, 0) is 9.59 Å². The first kappa shape index (κ1) is 16.0. The lowest BCUT2D eigenvalue weighted by molar-refractivity contribution is -0.137. The average Bonchev–Trinajstić information content (AvgIpc) is 2.92. The number of carbonyl (C=O) groups excluding carboxylic acids is 1. The van der Waals surface area contributed by atoms with E-state index in [2.05, 4.69) is 28.1 Å². The Balaban J connectivity index is 1.92. The molecular weight excluding hydrogens is 334 g/mol. The molecule has 1 aliphatic rings. The van der Waals surface area contributed by atoms with Crippen molar-refractivity contribution < 1.29 is 14.7 Å². The van der Waals surface area contributed by atoms with E-state index in [0.717, 1.165) is 23.9 Å². The molecule has 0 spiro atoms. The Morgan fingerprint density at radius 3 is 2.76 bits per heavy atom. The minimum Gasteiger partial charge on any atom is -0.481 e. The summed E-state index contributed by atoms with van der Waals surface area (Å²) >= 11 is 3.47. The third kappa shape index (κ3) is 4.56. The van der Waals surface area contributed by atoms with Gasteiger partial charge in [-0.1, -0.05) is 28.1 Å². The van der Waals surface area contributed by atoms with Crippen molar-refractivity contribution in [3.63, 3.8) is 0 Å². The number of nitrogens with zero attached hydrogens (tertiary/aromatic N) is 1. The van der Waals surface area contributed by atoms with Crippen molar-refractivity contribution in [3.8, 4) is 0 Å². The van der Waals surface area contributed by atoms with Gasteiger partial charge < -0.3 is 10.0 Å². The molecule has 1 aromatic rings. The Kier molecular flexibility index (Phi) is 5.79. The van der Waals surface area contributed by atoms with Gasteiger partial charge in [0, 0.05) is 23.9 Å². The maximum atomic E-state index is 12.3. The number of carbonyl (C=O) groups is 2. The summed E-state index contributed by atoms with van der Waals surface area (Å²) in [5.41, 5.74) is 1.17. The SMILES string of the molecule is O=C(O)CCCCC(=O)N1CCCC1c1cccc(Br)c1. The van der Waals surface area contributed by atoms with Gasteiger partial charge in [0.1, 0.15) is 0 Å². The zero-order valence-electron chi connectivity index (χ0n) is 11.9. The molecule has 1 aliphatic heterocycles. The van der Waals surface area contributed by atoms with Crippen LogP contribution in [-0.4, -0.2) is 28.4 Å². The molecule has 5 heteroatoms. The molecule has 0 bridgehead atoms. The highest BCUT2D eigenvalue weighted by Gasteiger charge is 2.29. The molecule has 1 fully saturated rings. The average molecular weight is 354 g/mol. The fourth-order valence-electron chi connectivity index (χ4n) is 2.82. The van der Waals surface area contributed by atoms with Crippen molar-refractivity contribution in [1.29, 1.82) is 0 Å². The van der Waals surface area contributed by atoms with E-state index in [9.17, 15) is 9.59 Å². The van der Waals surface area contributed by atoms with Crippen molar-refractivity contribution in [1.82, 2.24) is 4.90 Å². The Bertz CT molecular complexity index is 518. The van der Waals surface area contributed by atoms with Gasteiger partial charge >= 0.3 is 5.97 Å². The van der Waals surface area contributed by atoms with Gasteiger partial charge in [-0.25, -0.2) is 0 Å². The lowest BCUT2D eigenvalue weighted by atomic mass is 10.0. The van der Waals surface area contributed by atoms with Gasteiger partial charge in [0.15, 0.2) is 0 Å². The summed E-state index contributed by atoms with van der Waals surface area (Å²) in [6.07, 6.45) is 3.82. The van der Waals surface area contributed by atoms with E-state index in [1.54, 1.807) is 0 Å². The molecule has 1 N–H and O–H groups in total. The smallest absolute Gasteiger partial charge is 0.303 e. The predicted molar refractivity (Wildman–Crippen MR) is 83.9 cm³/mol.